The fourth-order valence-electron chi connectivity index (χ4n) is 3.53. The molecule has 0 amide bonds. The number of carbonyl (C=O) groups excluding carboxylic acids is 1. The van der Waals surface area contributed by atoms with Gasteiger partial charge in [-0.2, -0.15) is 13.2 Å². The van der Waals surface area contributed by atoms with Crippen LogP contribution in [0, 0.1) is 0 Å². The van der Waals surface area contributed by atoms with Crippen LogP contribution in [0.25, 0.3) is 16.9 Å². The molecule has 1 heterocycles. The summed E-state index contributed by atoms with van der Waals surface area (Å²) in [6.45, 7) is 0. The van der Waals surface area contributed by atoms with E-state index in [1.807, 2.05) is 0 Å². The highest BCUT2D eigenvalue weighted by Crippen LogP contribution is 2.36. The second kappa shape index (κ2) is 7.52. The number of rotatable bonds is 3. The number of sulfonamides is 1. The Labute approximate surface area is 182 Å². The first kappa shape index (κ1) is 21.6. The van der Waals surface area contributed by atoms with Crippen molar-refractivity contribution in [3.8, 4) is 11.1 Å². The molecule has 0 unspecified atom stereocenters. The molecule has 1 aliphatic heterocycles. The zero-order valence-electron chi connectivity index (χ0n) is 16.6. The van der Waals surface area contributed by atoms with Gasteiger partial charge in [0.1, 0.15) is 5.70 Å². The third-order valence-electron chi connectivity index (χ3n) is 5.18. The van der Waals surface area contributed by atoms with Gasteiger partial charge < -0.3 is 5.11 Å². The van der Waals surface area contributed by atoms with Gasteiger partial charge in [0.15, 0.2) is 5.76 Å². The monoisotopic (exact) mass is 459 g/mol. The van der Waals surface area contributed by atoms with E-state index in [-0.39, 0.29) is 21.6 Å². The lowest BCUT2D eigenvalue weighted by atomic mass is 9.98. The lowest BCUT2D eigenvalue weighted by Crippen LogP contribution is -2.35. The number of aliphatic hydroxyl groups is 1. The van der Waals surface area contributed by atoms with Crippen LogP contribution < -0.4 is 0 Å². The molecule has 0 fully saturated rings. The number of hydrogen-bond acceptors (Lipinski definition) is 4. The van der Waals surface area contributed by atoms with Crippen LogP contribution in [-0.2, 0) is 16.2 Å². The molecule has 164 valence electrons. The second-order valence-corrected chi connectivity index (χ2v) is 9.09. The summed E-state index contributed by atoms with van der Waals surface area (Å²) >= 11 is 0. The van der Waals surface area contributed by atoms with Crippen molar-refractivity contribution in [2.45, 2.75) is 11.1 Å². The van der Waals surface area contributed by atoms with Crippen molar-refractivity contribution in [3.05, 3.63) is 95.2 Å². The van der Waals surface area contributed by atoms with E-state index in [2.05, 4.69) is 0 Å². The van der Waals surface area contributed by atoms with Gasteiger partial charge in [-0.05, 0) is 41.5 Å². The quantitative estimate of drug-likeness (QED) is 0.552. The van der Waals surface area contributed by atoms with E-state index >= 15 is 0 Å². The lowest BCUT2D eigenvalue weighted by Gasteiger charge is -2.28. The number of hydrogen-bond donors (Lipinski definition) is 1. The Kier molecular flexibility index (Phi) is 5.09. The van der Waals surface area contributed by atoms with Crippen molar-refractivity contribution >= 4 is 21.6 Å². The van der Waals surface area contributed by atoms with Crippen molar-refractivity contribution in [2.24, 2.45) is 0 Å². The number of Topliss-reactive ketones (excluding diaryl/α,β-unsaturated/α-hetero) is 1. The fraction of sp³-hybridized carbons (Fsp3) is 0.0870. The van der Waals surface area contributed by atoms with E-state index < -0.39 is 39.0 Å². The molecule has 0 spiro atoms. The summed E-state index contributed by atoms with van der Waals surface area (Å²) in [7, 11) is -2.91. The van der Waals surface area contributed by atoms with Crippen molar-refractivity contribution in [1.29, 1.82) is 0 Å². The number of nitrogens with zero attached hydrogens (tertiary/aromatic N) is 1. The molecule has 32 heavy (non-hydrogen) atoms. The molecule has 0 aliphatic carbocycles. The van der Waals surface area contributed by atoms with E-state index in [1.165, 1.54) is 60.7 Å². The number of ketones is 1. The Morgan fingerprint density at radius 2 is 1.53 bits per heavy atom. The topological polar surface area (TPSA) is 74.7 Å². The second-order valence-electron chi connectivity index (χ2n) is 7.15. The van der Waals surface area contributed by atoms with E-state index in [0.29, 0.717) is 9.87 Å². The summed E-state index contributed by atoms with van der Waals surface area (Å²) in [6, 6.07) is 16.2. The summed E-state index contributed by atoms with van der Waals surface area (Å²) in [4.78, 5) is 13.1. The average Bonchev–Trinajstić information content (AvgIpc) is 2.78. The van der Waals surface area contributed by atoms with Crippen LogP contribution in [0.2, 0.25) is 0 Å². The van der Waals surface area contributed by atoms with Crippen LogP contribution in [0.3, 0.4) is 0 Å². The summed E-state index contributed by atoms with van der Waals surface area (Å²) in [5, 5.41) is 10.7. The standard InChI is InChI=1S/C23H16F3NO4S/c1-27-20(22(29)18-10-2-3-11-19(18)32(27,30)31)21(28)16-8-4-6-14(12-16)15-7-5-9-17(13-15)23(24,25)26/h2-13,29H,1H3. The van der Waals surface area contributed by atoms with Crippen LogP contribution in [-0.4, -0.2) is 30.7 Å². The minimum absolute atomic E-state index is 0.00276. The van der Waals surface area contributed by atoms with E-state index in [1.54, 1.807) is 0 Å². The molecule has 3 aromatic carbocycles. The molecule has 0 radical (unpaired) electrons. The van der Waals surface area contributed by atoms with Gasteiger partial charge in [0, 0.05) is 18.2 Å². The number of benzene rings is 3. The lowest BCUT2D eigenvalue weighted by molar-refractivity contribution is -0.137. The van der Waals surface area contributed by atoms with E-state index in [0.717, 1.165) is 19.2 Å². The van der Waals surface area contributed by atoms with Crippen molar-refractivity contribution in [2.75, 3.05) is 7.05 Å². The molecule has 1 N–H and O–H groups in total. The minimum Gasteiger partial charge on any atom is -0.505 e. The van der Waals surface area contributed by atoms with Crippen LogP contribution >= 0.6 is 0 Å². The smallest absolute Gasteiger partial charge is 0.416 e. The van der Waals surface area contributed by atoms with Gasteiger partial charge >= 0.3 is 6.18 Å². The average molecular weight is 459 g/mol. The summed E-state index contributed by atoms with van der Waals surface area (Å²) < 4.78 is 65.6. The predicted octanol–water partition coefficient (Wildman–Crippen LogP) is 5.12. The van der Waals surface area contributed by atoms with Crippen molar-refractivity contribution in [1.82, 2.24) is 4.31 Å². The number of carbonyl (C=O) groups is 1. The predicted molar refractivity (Wildman–Crippen MR) is 112 cm³/mol. The number of halogens is 3. The summed E-state index contributed by atoms with van der Waals surface area (Å²) in [5.41, 5.74) is -0.677. The van der Waals surface area contributed by atoms with Crippen LogP contribution in [0.1, 0.15) is 21.5 Å². The first-order valence-corrected chi connectivity index (χ1v) is 10.8. The van der Waals surface area contributed by atoms with Crippen LogP contribution in [0.15, 0.2) is 83.4 Å². The Morgan fingerprint density at radius 1 is 0.906 bits per heavy atom. The first-order chi connectivity index (χ1) is 15.0. The largest absolute Gasteiger partial charge is 0.505 e. The maximum Gasteiger partial charge on any atom is 0.416 e. The zero-order valence-corrected chi connectivity index (χ0v) is 17.4. The summed E-state index contributed by atoms with van der Waals surface area (Å²) in [5.74, 6) is -1.27. The van der Waals surface area contributed by atoms with E-state index in [9.17, 15) is 31.5 Å². The molecule has 0 atom stereocenters. The molecule has 5 nitrogen and oxygen atoms in total. The molecule has 3 aromatic rings. The number of fused-ring (bicyclic) bond motifs is 1. The Morgan fingerprint density at radius 3 is 2.22 bits per heavy atom. The third kappa shape index (κ3) is 3.54. The van der Waals surface area contributed by atoms with Gasteiger partial charge in [-0.3, -0.25) is 9.10 Å². The number of alkyl halides is 3. The van der Waals surface area contributed by atoms with Gasteiger partial charge in [0.2, 0.25) is 5.78 Å². The SMILES string of the molecule is CN1C(C(=O)c2cccc(-c3cccc(C(F)(F)F)c3)c2)=C(O)c2ccccc2S1(=O)=O. The fourth-order valence-corrected chi connectivity index (χ4v) is 4.93. The molecule has 4 rings (SSSR count). The normalized spacial score (nSPS) is 15.4. The third-order valence-corrected chi connectivity index (χ3v) is 7.00. The van der Waals surface area contributed by atoms with Crippen LogP contribution in [0.5, 0.6) is 0 Å². The molecule has 9 heteroatoms. The Hall–Kier alpha value is -3.59. The molecule has 0 saturated carbocycles. The van der Waals surface area contributed by atoms with Gasteiger partial charge in [-0.25, -0.2) is 8.42 Å². The highest BCUT2D eigenvalue weighted by atomic mass is 32.2. The number of allylic oxidation sites excluding steroid dienone is 1. The van der Waals surface area contributed by atoms with Crippen molar-refractivity contribution < 1.29 is 31.5 Å². The maximum absolute atomic E-state index is 13.2. The van der Waals surface area contributed by atoms with E-state index in [4.69, 9.17) is 0 Å². The van der Waals surface area contributed by atoms with Gasteiger partial charge in [-0.15, -0.1) is 0 Å². The number of aliphatic hydroxyl groups excluding tert-OH is 1. The van der Waals surface area contributed by atoms with Crippen molar-refractivity contribution in [3.63, 3.8) is 0 Å². The number of likely N-dealkylation sites (N-methyl/N-ethyl adjacent to an activating group) is 1. The highest BCUT2D eigenvalue weighted by Gasteiger charge is 2.38. The van der Waals surface area contributed by atoms with Gasteiger partial charge in [0.25, 0.3) is 10.0 Å². The molecule has 0 aromatic heterocycles. The minimum atomic E-state index is -4.52. The Bertz CT molecular complexity index is 1380. The molecular formula is C23H16F3NO4S. The molecule has 0 bridgehead atoms. The van der Waals surface area contributed by atoms with Crippen LogP contribution in [0.4, 0.5) is 13.2 Å². The zero-order chi connectivity index (χ0) is 23.3. The molecular weight excluding hydrogens is 443 g/mol. The Balaban J connectivity index is 1.81. The van der Waals surface area contributed by atoms with Gasteiger partial charge in [0.05, 0.1) is 10.5 Å². The maximum atomic E-state index is 13.2. The highest BCUT2D eigenvalue weighted by molar-refractivity contribution is 7.89. The molecule has 1 aliphatic rings. The first-order valence-electron chi connectivity index (χ1n) is 9.36. The van der Waals surface area contributed by atoms with Gasteiger partial charge in [-0.1, -0.05) is 42.5 Å². The summed E-state index contributed by atoms with van der Waals surface area (Å²) in [6.07, 6.45) is -4.52. The molecule has 0 saturated heterocycles.